The fourth-order valence-corrected chi connectivity index (χ4v) is 2.44. The van der Waals surface area contributed by atoms with Crippen LogP contribution in [-0.4, -0.2) is 15.3 Å². The third kappa shape index (κ3) is 3.10. The average molecular weight is 297 g/mol. The Labute approximate surface area is 129 Å². The van der Waals surface area contributed by atoms with E-state index in [2.05, 4.69) is 15.5 Å². The van der Waals surface area contributed by atoms with Crippen LogP contribution in [0.1, 0.15) is 22.5 Å². The van der Waals surface area contributed by atoms with Crippen molar-refractivity contribution in [2.24, 2.45) is 0 Å². The van der Waals surface area contributed by atoms with Crippen molar-refractivity contribution in [3.8, 4) is 11.5 Å². The number of aromatic amines is 1. The minimum absolute atomic E-state index is 0.0560. The van der Waals surface area contributed by atoms with Gasteiger partial charge in [-0.15, -0.1) is 0 Å². The van der Waals surface area contributed by atoms with Crippen molar-refractivity contribution >= 4 is 0 Å². The maximum atomic E-state index is 9.34. The number of H-pyrrole nitrogens is 1. The molecule has 0 bridgehead atoms. The Morgan fingerprint density at radius 1 is 1.09 bits per heavy atom. The minimum atomic E-state index is 0.0560. The van der Waals surface area contributed by atoms with Crippen LogP contribution in [0.25, 0.3) is 11.5 Å². The topological polar surface area (TPSA) is 74.1 Å². The molecule has 0 aliphatic rings. The number of hydrogen-bond donors (Lipinski definition) is 3. The molecule has 114 valence electrons. The number of aliphatic hydroxyl groups is 1. The summed E-state index contributed by atoms with van der Waals surface area (Å²) in [5, 5.41) is 19.8. The highest BCUT2D eigenvalue weighted by Crippen LogP contribution is 2.23. The number of aliphatic hydroxyl groups excluding tert-OH is 1. The van der Waals surface area contributed by atoms with Gasteiger partial charge in [-0.2, -0.15) is 5.10 Å². The fraction of sp³-hybridized carbons (Fsp3) is 0.235. The van der Waals surface area contributed by atoms with Crippen molar-refractivity contribution in [3.05, 3.63) is 65.0 Å². The summed E-state index contributed by atoms with van der Waals surface area (Å²) in [5.74, 6) is 1.67. The molecule has 22 heavy (non-hydrogen) atoms. The van der Waals surface area contributed by atoms with Crippen molar-refractivity contribution in [1.29, 1.82) is 0 Å². The third-order valence-corrected chi connectivity index (χ3v) is 3.62. The number of aromatic nitrogens is 2. The number of hydrogen-bond acceptors (Lipinski definition) is 4. The fourth-order valence-electron chi connectivity index (χ4n) is 2.44. The van der Waals surface area contributed by atoms with Crippen molar-refractivity contribution in [2.75, 3.05) is 0 Å². The highest BCUT2D eigenvalue weighted by Gasteiger charge is 2.11. The largest absolute Gasteiger partial charge is 0.460 e. The Balaban J connectivity index is 1.67. The third-order valence-electron chi connectivity index (χ3n) is 3.62. The van der Waals surface area contributed by atoms with Crippen molar-refractivity contribution in [3.63, 3.8) is 0 Å². The van der Waals surface area contributed by atoms with Gasteiger partial charge in [0.1, 0.15) is 11.5 Å². The molecule has 0 spiro atoms. The Bertz CT molecular complexity index is 746. The van der Waals surface area contributed by atoms with Gasteiger partial charge in [0.25, 0.3) is 0 Å². The van der Waals surface area contributed by atoms with Crippen molar-refractivity contribution in [2.45, 2.75) is 26.6 Å². The summed E-state index contributed by atoms with van der Waals surface area (Å²) >= 11 is 0. The van der Waals surface area contributed by atoms with Crippen LogP contribution < -0.4 is 5.32 Å². The average Bonchev–Trinajstić information content (AvgIpc) is 3.16. The van der Waals surface area contributed by atoms with Crippen LogP contribution in [0.15, 0.2) is 47.0 Å². The van der Waals surface area contributed by atoms with Gasteiger partial charge in [-0.3, -0.25) is 5.10 Å². The van der Waals surface area contributed by atoms with E-state index in [0.717, 1.165) is 33.9 Å². The molecule has 0 aliphatic carbocycles. The quantitative estimate of drug-likeness (QED) is 0.654. The minimum Gasteiger partial charge on any atom is -0.460 e. The molecule has 2 heterocycles. The molecule has 3 N–H and O–H groups in total. The van der Waals surface area contributed by atoms with Gasteiger partial charge < -0.3 is 14.8 Å². The lowest BCUT2D eigenvalue weighted by Crippen LogP contribution is -2.14. The molecule has 0 saturated heterocycles. The molecule has 0 unspecified atom stereocenters. The number of benzene rings is 1. The summed E-state index contributed by atoms with van der Waals surface area (Å²) in [5.41, 5.74) is 4.00. The SMILES string of the molecule is Cc1ccc(-c2[nH]ncc2CNCc2ccccc2CO)o1. The van der Waals surface area contributed by atoms with Gasteiger partial charge in [-0.1, -0.05) is 24.3 Å². The first-order valence-corrected chi connectivity index (χ1v) is 7.25. The molecule has 3 aromatic rings. The lowest BCUT2D eigenvalue weighted by atomic mass is 10.1. The lowest BCUT2D eigenvalue weighted by molar-refractivity contribution is 0.280. The molecule has 5 nitrogen and oxygen atoms in total. The molecule has 0 fully saturated rings. The zero-order valence-corrected chi connectivity index (χ0v) is 12.5. The van der Waals surface area contributed by atoms with E-state index < -0.39 is 0 Å². The zero-order valence-electron chi connectivity index (χ0n) is 12.5. The summed E-state index contributed by atoms with van der Waals surface area (Å²) in [6.07, 6.45) is 1.80. The van der Waals surface area contributed by atoms with Gasteiger partial charge in [0, 0.05) is 18.7 Å². The first kappa shape index (κ1) is 14.6. The molecule has 0 amide bonds. The van der Waals surface area contributed by atoms with Crippen LogP contribution >= 0.6 is 0 Å². The van der Waals surface area contributed by atoms with E-state index in [9.17, 15) is 5.11 Å². The summed E-state index contributed by atoms with van der Waals surface area (Å²) < 4.78 is 5.64. The maximum Gasteiger partial charge on any atom is 0.152 e. The lowest BCUT2D eigenvalue weighted by Gasteiger charge is -2.08. The van der Waals surface area contributed by atoms with Gasteiger partial charge >= 0.3 is 0 Å². The Kier molecular flexibility index (Phi) is 4.37. The van der Waals surface area contributed by atoms with E-state index in [-0.39, 0.29) is 6.61 Å². The van der Waals surface area contributed by atoms with Crippen LogP contribution in [-0.2, 0) is 19.7 Å². The van der Waals surface area contributed by atoms with Gasteiger partial charge in [0.15, 0.2) is 5.76 Å². The van der Waals surface area contributed by atoms with E-state index in [4.69, 9.17) is 4.42 Å². The van der Waals surface area contributed by atoms with Gasteiger partial charge in [0.05, 0.1) is 12.8 Å². The molecule has 0 atom stereocenters. The van der Waals surface area contributed by atoms with E-state index in [1.807, 2.05) is 43.3 Å². The smallest absolute Gasteiger partial charge is 0.152 e. The summed E-state index contributed by atoms with van der Waals surface area (Å²) in [7, 11) is 0. The molecule has 0 aliphatic heterocycles. The Hall–Kier alpha value is -2.37. The summed E-state index contributed by atoms with van der Waals surface area (Å²) in [4.78, 5) is 0. The first-order chi connectivity index (χ1) is 10.8. The second-order valence-corrected chi connectivity index (χ2v) is 5.21. The molecule has 0 saturated carbocycles. The zero-order chi connectivity index (χ0) is 15.4. The van der Waals surface area contributed by atoms with Crippen LogP contribution in [0.3, 0.4) is 0 Å². The molecule has 3 rings (SSSR count). The first-order valence-electron chi connectivity index (χ1n) is 7.25. The monoisotopic (exact) mass is 297 g/mol. The standard InChI is InChI=1S/C17H19N3O2/c1-12-6-7-16(22-12)17-15(10-19-20-17)9-18-8-13-4-2-3-5-14(13)11-21/h2-7,10,18,21H,8-9,11H2,1H3,(H,19,20). The van der Waals surface area contributed by atoms with E-state index in [0.29, 0.717) is 13.1 Å². The normalized spacial score (nSPS) is 11.0. The van der Waals surface area contributed by atoms with Gasteiger partial charge in [0.2, 0.25) is 0 Å². The second kappa shape index (κ2) is 6.60. The molecule has 5 heteroatoms. The van der Waals surface area contributed by atoms with Crippen molar-refractivity contribution < 1.29 is 9.52 Å². The number of aryl methyl sites for hydroxylation is 1. The van der Waals surface area contributed by atoms with E-state index in [1.54, 1.807) is 6.20 Å². The van der Waals surface area contributed by atoms with Gasteiger partial charge in [-0.05, 0) is 30.2 Å². The van der Waals surface area contributed by atoms with Crippen LogP contribution in [0.4, 0.5) is 0 Å². The van der Waals surface area contributed by atoms with E-state index >= 15 is 0 Å². The summed E-state index contributed by atoms with van der Waals surface area (Å²) in [6.45, 7) is 3.34. The van der Waals surface area contributed by atoms with Crippen LogP contribution in [0, 0.1) is 6.92 Å². The second-order valence-electron chi connectivity index (χ2n) is 5.21. The van der Waals surface area contributed by atoms with Crippen molar-refractivity contribution in [1.82, 2.24) is 15.5 Å². The summed E-state index contributed by atoms with van der Waals surface area (Å²) in [6, 6.07) is 11.7. The number of furan rings is 1. The Morgan fingerprint density at radius 3 is 2.59 bits per heavy atom. The number of nitrogens with zero attached hydrogens (tertiary/aromatic N) is 1. The molecular formula is C17H19N3O2. The van der Waals surface area contributed by atoms with Crippen LogP contribution in [0.2, 0.25) is 0 Å². The predicted molar refractivity (Wildman–Crippen MR) is 83.9 cm³/mol. The van der Waals surface area contributed by atoms with E-state index in [1.165, 1.54) is 0 Å². The molecule has 1 aromatic carbocycles. The Morgan fingerprint density at radius 2 is 1.86 bits per heavy atom. The maximum absolute atomic E-state index is 9.34. The molecular weight excluding hydrogens is 278 g/mol. The number of rotatable bonds is 6. The predicted octanol–water partition coefficient (Wildman–Crippen LogP) is 2.76. The highest BCUT2D eigenvalue weighted by molar-refractivity contribution is 5.56. The molecule has 0 radical (unpaired) electrons. The van der Waals surface area contributed by atoms with Crippen LogP contribution in [0.5, 0.6) is 0 Å². The van der Waals surface area contributed by atoms with Gasteiger partial charge in [-0.25, -0.2) is 0 Å². The molecule has 2 aromatic heterocycles. The number of nitrogens with one attached hydrogen (secondary N) is 2. The highest BCUT2D eigenvalue weighted by atomic mass is 16.3.